The second-order valence-electron chi connectivity index (χ2n) is 31.3. The van der Waals surface area contributed by atoms with Crippen LogP contribution in [0.2, 0.25) is 0 Å². The second-order valence-corrected chi connectivity index (χ2v) is 34.2. The van der Waals surface area contributed by atoms with E-state index in [0.717, 1.165) is 108 Å². The number of hydrogen-bond donors (Lipinski definition) is 3. The highest BCUT2D eigenvalue weighted by molar-refractivity contribution is 7.47. The predicted octanol–water partition coefficient (Wildman–Crippen LogP) is 24.9. The molecule has 102 heavy (non-hydrogen) atoms. The summed E-state index contributed by atoms with van der Waals surface area (Å²) in [7, 11) is -9.92. The first-order valence-electron chi connectivity index (χ1n) is 42.8. The van der Waals surface area contributed by atoms with Gasteiger partial charge in [0.15, 0.2) is 12.2 Å². The zero-order valence-corrected chi connectivity index (χ0v) is 68.9. The van der Waals surface area contributed by atoms with E-state index in [1.54, 1.807) is 0 Å². The van der Waals surface area contributed by atoms with Gasteiger partial charge >= 0.3 is 39.5 Å². The van der Waals surface area contributed by atoms with Gasteiger partial charge in [-0.15, -0.1) is 0 Å². The number of esters is 4. The molecule has 606 valence electrons. The third kappa shape index (κ3) is 76.3. The molecular weight excluding hydrogens is 1330 g/mol. The summed E-state index contributed by atoms with van der Waals surface area (Å²) in [5, 5.41) is 10.7. The normalized spacial score (nSPS) is 13.9. The molecule has 0 spiro atoms. The zero-order valence-electron chi connectivity index (χ0n) is 67.1. The van der Waals surface area contributed by atoms with E-state index in [0.29, 0.717) is 25.7 Å². The Kier molecular flexibility index (Phi) is 71.8. The fraction of sp³-hybridized carbons (Fsp3) is 0.952. The molecule has 0 aromatic rings. The lowest BCUT2D eigenvalue weighted by Crippen LogP contribution is -2.30. The number of carbonyl (C=O) groups is 4. The molecule has 0 rings (SSSR count). The van der Waals surface area contributed by atoms with Crippen molar-refractivity contribution < 1.29 is 80.2 Å². The molecule has 5 atom stereocenters. The lowest BCUT2D eigenvalue weighted by atomic mass is 10.0. The third-order valence-electron chi connectivity index (χ3n) is 19.4. The number of aliphatic hydroxyl groups excluding tert-OH is 1. The molecule has 0 saturated heterocycles. The average Bonchev–Trinajstić information content (AvgIpc) is 0.982. The van der Waals surface area contributed by atoms with Crippen LogP contribution in [0.1, 0.15) is 434 Å². The Hall–Kier alpha value is -1.94. The Labute approximate surface area is 626 Å². The summed E-state index contributed by atoms with van der Waals surface area (Å²) in [6.07, 6.45) is 62.4. The molecule has 0 aliphatic carbocycles. The topological polar surface area (TPSA) is 237 Å². The summed E-state index contributed by atoms with van der Waals surface area (Å²) < 4.78 is 68.8. The maximum atomic E-state index is 13.1. The van der Waals surface area contributed by atoms with Gasteiger partial charge in [-0.25, -0.2) is 9.13 Å². The van der Waals surface area contributed by atoms with Crippen molar-refractivity contribution in [2.75, 3.05) is 39.6 Å². The van der Waals surface area contributed by atoms with Gasteiger partial charge in [-0.2, -0.15) is 0 Å². The molecule has 0 fully saturated rings. The lowest BCUT2D eigenvalue weighted by molar-refractivity contribution is -0.161. The minimum Gasteiger partial charge on any atom is -0.462 e. The molecule has 0 heterocycles. The van der Waals surface area contributed by atoms with Crippen LogP contribution in [0.4, 0.5) is 0 Å². The van der Waals surface area contributed by atoms with Gasteiger partial charge in [-0.3, -0.25) is 37.3 Å². The molecule has 0 radical (unpaired) electrons. The van der Waals surface area contributed by atoms with Crippen LogP contribution in [0.5, 0.6) is 0 Å². The minimum atomic E-state index is -4.96. The van der Waals surface area contributed by atoms with E-state index in [1.807, 2.05) is 0 Å². The Morgan fingerprint density at radius 2 is 0.451 bits per heavy atom. The Bertz CT molecular complexity index is 1970. The van der Waals surface area contributed by atoms with E-state index in [9.17, 15) is 43.2 Å². The van der Waals surface area contributed by atoms with Gasteiger partial charge in [-0.05, 0) is 43.4 Å². The molecule has 0 aliphatic rings. The minimum absolute atomic E-state index is 0.106. The number of ether oxygens (including phenoxy) is 4. The zero-order chi connectivity index (χ0) is 75.1. The molecule has 0 aromatic heterocycles. The molecule has 0 amide bonds. The average molecular weight is 1490 g/mol. The molecule has 17 nitrogen and oxygen atoms in total. The number of rotatable bonds is 81. The van der Waals surface area contributed by atoms with Crippen molar-refractivity contribution in [2.24, 2.45) is 17.8 Å². The molecule has 2 unspecified atom stereocenters. The highest BCUT2D eigenvalue weighted by Crippen LogP contribution is 2.45. The summed E-state index contributed by atoms with van der Waals surface area (Å²) in [4.78, 5) is 73.1. The van der Waals surface area contributed by atoms with Crippen LogP contribution >= 0.6 is 15.6 Å². The van der Waals surface area contributed by atoms with E-state index in [2.05, 4.69) is 48.5 Å². The molecule has 0 aliphatic heterocycles. The van der Waals surface area contributed by atoms with E-state index in [4.69, 9.17) is 37.0 Å². The Morgan fingerprint density at radius 1 is 0.265 bits per heavy atom. The van der Waals surface area contributed by atoms with Crippen LogP contribution in [0.25, 0.3) is 0 Å². The number of phosphoric acid groups is 2. The first-order valence-corrected chi connectivity index (χ1v) is 45.8. The number of unbranched alkanes of at least 4 members (excludes halogenated alkanes) is 49. The van der Waals surface area contributed by atoms with Crippen molar-refractivity contribution in [1.29, 1.82) is 0 Å². The van der Waals surface area contributed by atoms with Crippen LogP contribution in [0.3, 0.4) is 0 Å². The van der Waals surface area contributed by atoms with Crippen molar-refractivity contribution in [3.05, 3.63) is 0 Å². The summed E-state index contributed by atoms with van der Waals surface area (Å²) >= 11 is 0. The van der Waals surface area contributed by atoms with Crippen molar-refractivity contribution >= 4 is 39.5 Å². The Balaban J connectivity index is 5.23. The summed E-state index contributed by atoms with van der Waals surface area (Å²) in [6, 6.07) is 0. The first kappa shape index (κ1) is 100. The van der Waals surface area contributed by atoms with E-state index in [1.165, 1.54) is 244 Å². The maximum Gasteiger partial charge on any atom is 0.472 e. The van der Waals surface area contributed by atoms with Gasteiger partial charge in [0.25, 0.3) is 0 Å². The quantitative estimate of drug-likeness (QED) is 0.0222. The molecule has 0 saturated carbocycles. The van der Waals surface area contributed by atoms with Crippen molar-refractivity contribution in [3.63, 3.8) is 0 Å². The summed E-state index contributed by atoms with van der Waals surface area (Å²) in [5.41, 5.74) is 0. The molecular formula is C83H162O17P2. The van der Waals surface area contributed by atoms with E-state index < -0.39 is 97.5 Å². The van der Waals surface area contributed by atoms with Gasteiger partial charge in [0.05, 0.1) is 26.4 Å². The molecule has 3 N–H and O–H groups in total. The van der Waals surface area contributed by atoms with Crippen molar-refractivity contribution in [3.8, 4) is 0 Å². The van der Waals surface area contributed by atoms with Crippen LogP contribution in [0, 0.1) is 17.8 Å². The fourth-order valence-corrected chi connectivity index (χ4v) is 14.4. The number of carbonyl (C=O) groups excluding carboxylic acids is 4. The van der Waals surface area contributed by atoms with E-state index >= 15 is 0 Å². The first-order chi connectivity index (χ1) is 49.2. The van der Waals surface area contributed by atoms with Gasteiger partial charge < -0.3 is 33.8 Å². The van der Waals surface area contributed by atoms with Crippen molar-refractivity contribution in [1.82, 2.24) is 0 Å². The SMILES string of the molecule is CCCCCCCCCCCCCCC(=O)OC[C@H](COP(=O)(O)OC[C@H](O)COP(=O)(O)OC[C@@H](COC(=O)CCCCCCCCCCCCCCCCC(C)C)OC(=O)CCCCCCCCCCCCCCCCCCCCC(C)C)OC(=O)CCCCCCCCCCCC(C)C. The van der Waals surface area contributed by atoms with Crippen LogP contribution in [0.15, 0.2) is 0 Å². The molecule has 19 heteroatoms. The predicted molar refractivity (Wildman–Crippen MR) is 418 cm³/mol. The highest BCUT2D eigenvalue weighted by atomic mass is 31.2. The third-order valence-corrected chi connectivity index (χ3v) is 21.3. The standard InChI is InChI=1S/C83H162O17P2/c1-8-9-10-11-12-13-14-29-36-43-50-57-64-80(85)93-71-79(100-83(88)67-60-53-46-39-32-35-42-49-56-63-76(6)7)73-98-102(91,92)96-69-77(84)68-95-101(89,90)97-72-78(70-94-81(86)65-58-51-44-37-30-25-22-21-24-28-34-41-48-55-62-75(4)5)99-82(87)66-59-52-45-38-31-26-20-18-16-15-17-19-23-27-33-40-47-54-61-74(2)3/h74-79,84H,8-73H2,1-7H3,(H,89,90)(H,91,92)/t77-,78-,79-/m1/s1. The number of phosphoric ester groups is 2. The number of hydrogen-bond acceptors (Lipinski definition) is 15. The summed E-state index contributed by atoms with van der Waals surface area (Å²) in [6.45, 7) is 12.0. The second kappa shape index (κ2) is 73.2. The van der Waals surface area contributed by atoms with Crippen LogP contribution < -0.4 is 0 Å². The largest absolute Gasteiger partial charge is 0.472 e. The highest BCUT2D eigenvalue weighted by Gasteiger charge is 2.30. The Morgan fingerprint density at radius 3 is 0.667 bits per heavy atom. The lowest BCUT2D eigenvalue weighted by Gasteiger charge is -2.21. The van der Waals surface area contributed by atoms with Crippen molar-refractivity contribution in [2.45, 2.75) is 452 Å². The summed E-state index contributed by atoms with van der Waals surface area (Å²) in [5.74, 6) is 0.248. The monoisotopic (exact) mass is 1490 g/mol. The van der Waals surface area contributed by atoms with Gasteiger partial charge in [0, 0.05) is 25.7 Å². The van der Waals surface area contributed by atoms with Crippen LogP contribution in [-0.4, -0.2) is 96.7 Å². The fourth-order valence-electron chi connectivity index (χ4n) is 12.8. The molecule has 0 aromatic carbocycles. The van der Waals surface area contributed by atoms with Gasteiger partial charge in [0.2, 0.25) is 0 Å². The van der Waals surface area contributed by atoms with E-state index in [-0.39, 0.29) is 25.7 Å². The maximum absolute atomic E-state index is 13.1. The smallest absolute Gasteiger partial charge is 0.462 e. The molecule has 0 bridgehead atoms. The van der Waals surface area contributed by atoms with Gasteiger partial charge in [-0.1, -0.05) is 382 Å². The number of aliphatic hydroxyl groups is 1. The van der Waals surface area contributed by atoms with Crippen LogP contribution in [-0.2, 0) is 65.4 Å². The van der Waals surface area contributed by atoms with Gasteiger partial charge in [0.1, 0.15) is 19.3 Å².